The standard InChI is InChI=1S/C9H11BrF2S/c1-7(11)2-4-9(13)5-3-8(12)6-10/h2-4,9,13H,1,5-6H2/b4-2-,8-3+. The van der Waals surface area contributed by atoms with Crippen molar-refractivity contribution in [2.45, 2.75) is 11.7 Å². The molecular formula is C9H11BrF2S. The lowest BCUT2D eigenvalue weighted by molar-refractivity contribution is 0.639. The summed E-state index contributed by atoms with van der Waals surface area (Å²) in [6.45, 7) is 3.05. The summed E-state index contributed by atoms with van der Waals surface area (Å²) in [6, 6.07) is 0. The largest absolute Gasteiger partial charge is 0.211 e. The summed E-state index contributed by atoms with van der Waals surface area (Å²) in [5, 5.41) is 0.0184. The van der Waals surface area contributed by atoms with E-state index in [1.54, 1.807) is 0 Å². The van der Waals surface area contributed by atoms with Crippen molar-refractivity contribution < 1.29 is 8.78 Å². The molecule has 0 nitrogen and oxygen atoms in total. The molecule has 0 rings (SSSR count). The molecular weight excluding hydrogens is 258 g/mol. The van der Waals surface area contributed by atoms with Crippen molar-refractivity contribution in [1.82, 2.24) is 0 Å². The van der Waals surface area contributed by atoms with Crippen molar-refractivity contribution in [3.05, 3.63) is 36.5 Å². The van der Waals surface area contributed by atoms with Gasteiger partial charge in [0.2, 0.25) is 0 Å². The second-order valence-electron chi connectivity index (χ2n) is 2.39. The summed E-state index contributed by atoms with van der Waals surface area (Å²) in [4.78, 5) is 0. The van der Waals surface area contributed by atoms with Gasteiger partial charge in [0.25, 0.3) is 0 Å². The number of hydrogen-bond donors (Lipinski definition) is 1. The molecule has 0 radical (unpaired) electrons. The zero-order valence-corrected chi connectivity index (χ0v) is 9.49. The number of alkyl halides is 1. The molecule has 0 N–H and O–H groups in total. The first-order chi connectivity index (χ1) is 6.06. The van der Waals surface area contributed by atoms with Gasteiger partial charge in [0.05, 0.1) is 5.33 Å². The minimum Gasteiger partial charge on any atom is -0.211 e. The van der Waals surface area contributed by atoms with Gasteiger partial charge in [0, 0.05) is 5.25 Å². The molecule has 0 saturated heterocycles. The summed E-state index contributed by atoms with van der Waals surface area (Å²) in [7, 11) is 0. The molecule has 0 aromatic rings. The maximum absolute atomic E-state index is 12.6. The fourth-order valence-electron chi connectivity index (χ4n) is 0.597. The van der Waals surface area contributed by atoms with Crippen LogP contribution < -0.4 is 0 Å². The van der Waals surface area contributed by atoms with Crippen LogP contribution in [0.2, 0.25) is 0 Å². The molecule has 0 aliphatic carbocycles. The SMILES string of the molecule is C=C(F)/C=C\C(S)C/C=C(/F)CBr. The van der Waals surface area contributed by atoms with E-state index in [0.29, 0.717) is 6.42 Å². The van der Waals surface area contributed by atoms with E-state index >= 15 is 0 Å². The van der Waals surface area contributed by atoms with E-state index in [-0.39, 0.29) is 16.4 Å². The van der Waals surface area contributed by atoms with E-state index in [2.05, 4.69) is 35.1 Å². The van der Waals surface area contributed by atoms with Crippen molar-refractivity contribution in [2.75, 3.05) is 5.33 Å². The summed E-state index contributed by atoms with van der Waals surface area (Å²) in [5.74, 6) is -0.768. The third kappa shape index (κ3) is 8.25. The Morgan fingerprint density at radius 1 is 1.54 bits per heavy atom. The Hall–Kier alpha value is -0.0900. The monoisotopic (exact) mass is 268 g/mol. The molecule has 0 aromatic heterocycles. The van der Waals surface area contributed by atoms with Gasteiger partial charge < -0.3 is 0 Å². The third-order valence-electron chi connectivity index (χ3n) is 1.21. The molecule has 0 amide bonds. The van der Waals surface area contributed by atoms with Crippen LogP contribution in [0.15, 0.2) is 36.5 Å². The number of hydrogen-bond acceptors (Lipinski definition) is 1. The lowest BCUT2D eigenvalue weighted by Gasteiger charge is -1.99. The first-order valence-corrected chi connectivity index (χ1v) is 5.31. The molecule has 0 spiro atoms. The van der Waals surface area contributed by atoms with Crippen LogP contribution in [0.3, 0.4) is 0 Å². The van der Waals surface area contributed by atoms with Crippen molar-refractivity contribution in [3.63, 3.8) is 0 Å². The third-order valence-corrected chi connectivity index (χ3v) is 2.13. The van der Waals surface area contributed by atoms with Crippen molar-refractivity contribution >= 4 is 28.6 Å². The molecule has 0 aliphatic rings. The molecule has 4 heteroatoms. The zero-order chi connectivity index (χ0) is 10.3. The molecule has 0 heterocycles. The van der Waals surface area contributed by atoms with Gasteiger partial charge in [0.1, 0.15) is 11.7 Å². The summed E-state index contributed by atoms with van der Waals surface area (Å²) < 4.78 is 24.7. The average Bonchev–Trinajstić information content (AvgIpc) is 2.10. The Morgan fingerprint density at radius 2 is 2.15 bits per heavy atom. The highest BCUT2D eigenvalue weighted by molar-refractivity contribution is 9.09. The Bertz CT molecular complexity index is 224. The van der Waals surface area contributed by atoms with Gasteiger partial charge in [-0.25, -0.2) is 8.78 Å². The van der Waals surface area contributed by atoms with Gasteiger partial charge in [-0.2, -0.15) is 12.6 Å². The first kappa shape index (κ1) is 12.9. The number of thiol groups is 1. The zero-order valence-electron chi connectivity index (χ0n) is 7.01. The van der Waals surface area contributed by atoms with Crippen LogP contribution in [0.5, 0.6) is 0 Å². The fraction of sp³-hybridized carbons (Fsp3) is 0.333. The predicted molar refractivity (Wildman–Crippen MR) is 59.8 cm³/mol. The average molecular weight is 269 g/mol. The molecule has 0 bridgehead atoms. The van der Waals surface area contributed by atoms with Gasteiger partial charge in [-0.15, -0.1) is 0 Å². The molecule has 0 aromatic carbocycles. The molecule has 0 fully saturated rings. The van der Waals surface area contributed by atoms with Crippen LogP contribution in [-0.4, -0.2) is 10.6 Å². The number of halogens is 3. The Morgan fingerprint density at radius 3 is 2.62 bits per heavy atom. The second-order valence-corrected chi connectivity index (χ2v) is 3.62. The van der Waals surface area contributed by atoms with Gasteiger partial charge in [0.15, 0.2) is 0 Å². The quantitative estimate of drug-likeness (QED) is 0.436. The molecule has 13 heavy (non-hydrogen) atoms. The molecule has 1 unspecified atom stereocenters. The highest BCUT2D eigenvalue weighted by atomic mass is 79.9. The fourth-order valence-corrected chi connectivity index (χ4v) is 1.02. The van der Waals surface area contributed by atoms with E-state index in [0.717, 1.165) is 0 Å². The van der Waals surface area contributed by atoms with Crippen LogP contribution in [0, 0.1) is 0 Å². The van der Waals surface area contributed by atoms with Crippen molar-refractivity contribution in [2.24, 2.45) is 0 Å². The highest BCUT2D eigenvalue weighted by Gasteiger charge is 1.97. The lowest BCUT2D eigenvalue weighted by atomic mass is 10.2. The molecule has 0 aliphatic heterocycles. The van der Waals surface area contributed by atoms with Gasteiger partial charge in [-0.05, 0) is 12.5 Å². The highest BCUT2D eigenvalue weighted by Crippen LogP contribution is 2.10. The Balaban J connectivity index is 3.88. The maximum atomic E-state index is 12.6. The van der Waals surface area contributed by atoms with Crippen LogP contribution in [0.25, 0.3) is 0 Å². The van der Waals surface area contributed by atoms with E-state index in [9.17, 15) is 8.78 Å². The number of allylic oxidation sites excluding steroid dienone is 4. The topological polar surface area (TPSA) is 0 Å². The van der Waals surface area contributed by atoms with Gasteiger partial charge in [-0.1, -0.05) is 34.7 Å². The minimum absolute atomic E-state index is 0.183. The van der Waals surface area contributed by atoms with Gasteiger partial charge in [-0.3, -0.25) is 0 Å². The predicted octanol–water partition coefficient (Wildman–Crippen LogP) is 3.96. The van der Waals surface area contributed by atoms with Crippen LogP contribution in [0.1, 0.15) is 6.42 Å². The van der Waals surface area contributed by atoms with Crippen LogP contribution in [0.4, 0.5) is 8.78 Å². The molecule has 0 saturated carbocycles. The van der Waals surface area contributed by atoms with Crippen molar-refractivity contribution in [1.29, 1.82) is 0 Å². The van der Waals surface area contributed by atoms with Crippen LogP contribution in [-0.2, 0) is 0 Å². The molecule has 74 valence electrons. The minimum atomic E-state index is -0.524. The smallest absolute Gasteiger partial charge is 0.115 e. The van der Waals surface area contributed by atoms with Crippen LogP contribution >= 0.6 is 28.6 Å². The number of rotatable bonds is 5. The van der Waals surface area contributed by atoms with Crippen molar-refractivity contribution in [3.8, 4) is 0 Å². The summed E-state index contributed by atoms with van der Waals surface area (Å²) in [5.41, 5.74) is 0. The van der Waals surface area contributed by atoms with E-state index in [4.69, 9.17) is 0 Å². The van der Waals surface area contributed by atoms with Gasteiger partial charge >= 0.3 is 0 Å². The van der Waals surface area contributed by atoms with E-state index in [1.807, 2.05) is 0 Å². The Kier molecular flexibility index (Phi) is 7.28. The van der Waals surface area contributed by atoms with E-state index in [1.165, 1.54) is 18.2 Å². The first-order valence-electron chi connectivity index (χ1n) is 3.67. The Labute approximate surface area is 90.9 Å². The normalized spacial score (nSPS) is 14.9. The summed E-state index contributed by atoms with van der Waals surface area (Å²) in [6.07, 6.45) is 4.60. The lowest BCUT2D eigenvalue weighted by Crippen LogP contribution is -1.91. The maximum Gasteiger partial charge on any atom is 0.115 e. The van der Waals surface area contributed by atoms with E-state index < -0.39 is 5.83 Å². The molecule has 1 atom stereocenters. The summed E-state index contributed by atoms with van der Waals surface area (Å²) >= 11 is 7.06. The second kappa shape index (κ2) is 7.33.